The van der Waals surface area contributed by atoms with Gasteiger partial charge in [-0.15, -0.1) is 0 Å². The van der Waals surface area contributed by atoms with Crippen molar-refractivity contribution in [2.24, 2.45) is 0 Å². The summed E-state index contributed by atoms with van der Waals surface area (Å²) in [5.41, 5.74) is 4.77. The number of nitrogens with one attached hydrogen (secondary N) is 1. The summed E-state index contributed by atoms with van der Waals surface area (Å²) >= 11 is 5.95. The minimum absolute atomic E-state index is 0.0567. The smallest absolute Gasteiger partial charge is 0.263 e. The second kappa shape index (κ2) is 9.11. The van der Waals surface area contributed by atoms with Crippen molar-refractivity contribution in [3.8, 4) is 5.75 Å². The molecule has 0 aliphatic heterocycles. The van der Waals surface area contributed by atoms with Gasteiger partial charge in [-0.05, 0) is 69.5 Å². The van der Waals surface area contributed by atoms with E-state index in [4.69, 9.17) is 16.3 Å². The number of nitrogens with zero attached hydrogens (tertiary/aromatic N) is 1. The number of anilines is 1. The Bertz CT molecular complexity index is 872. The van der Waals surface area contributed by atoms with Gasteiger partial charge in [0.05, 0.1) is 6.54 Å². The lowest BCUT2D eigenvalue weighted by atomic mass is 10.1. The van der Waals surface area contributed by atoms with Gasteiger partial charge in [0.15, 0.2) is 6.10 Å². The van der Waals surface area contributed by atoms with Gasteiger partial charge in [0, 0.05) is 17.8 Å². The maximum absolute atomic E-state index is 12.6. The molecule has 28 heavy (non-hydrogen) atoms. The van der Waals surface area contributed by atoms with Gasteiger partial charge in [0.1, 0.15) is 5.75 Å². The molecule has 0 saturated heterocycles. The molecular weight excluding hydrogens is 376 g/mol. The predicted octanol–water partition coefficient (Wildman–Crippen LogP) is 4.44. The van der Waals surface area contributed by atoms with Crippen molar-refractivity contribution in [1.29, 1.82) is 0 Å². The SMILES string of the molecule is Cc1cc(C)c(NC(=O)CN(C)C(=O)C(C)Oc2ccc(Cl)cc2C)c(C)c1. The van der Waals surface area contributed by atoms with Gasteiger partial charge in [-0.25, -0.2) is 0 Å². The fourth-order valence-electron chi connectivity index (χ4n) is 3.15. The number of likely N-dealkylation sites (N-methyl/N-ethyl adjacent to an activating group) is 1. The molecule has 0 saturated carbocycles. The number of carbonyl (C=O) groups is 2. The van der Waals surface area contributed by atoms with Crippen LogP contribution in [0.25, 0.3) is 0 Å². The van der Waals surface area contributed by atoms with Gasteiger partial charge in [-0.2, -0.15) is 0 Å². The van der Waals surface area contributed by atoms with Gasteiger partial charge in [-0.1, -0.05) is 29.3 Å². The van der Waals surface area contributed by atoms with Crippen LogP contribution in [-0.2, 0) is 9.59 Å². The normalized spacial score (nSPS) is 11.7. The van der Waals surface area contributed by atoms with Crippen molar-refractivity contribution < 1.29 is 14.3 Å². The predicted molar refractivity (Wildman–Crippen MR) is 113 cm³/mol. The van der Waals surface area contributed by atoms with E-state index in [1.807, 2.05) is 39.8 Å². The average molecular weight is 403 g/mol. The summed E-state index contributed by atoms with van der Waals surface area (Å²) in [6.45, 7) is 9.39. The maximum atomic E-state index is 12.6. The zero-order valence-corrected chi connectivity index (χ0v) is 18.0. The number of benzene rings is 2. The van der Waals surface area contributed by atoms with Gasteiger partial charge < -0.3 is 15.0 Å². The summed E-state index contributed by atoms with van der Waals surface area (Å²) in [6, 6.07) is 9.25. The first-order valence-corrected chi connectivity index (χ1v) is 9.51. The molecule has 0 bridgehead atoms. The Labute approximate surface area is 171 Å². The fraction of sp³-hybridized carbons (Fsp3) is 0.364. The Morgan fingerprint density at radius 2 is 1.68 bits per heavy atom. The number of hydrogen-bond donors (Lipinski definition) is 1. The van der Waals surface area contributed by atoms with Crippen LogP contribution < -0.4 is 10.1 Å². The average Bonchev–Trinajstić information content (AvgIpc) is 2.59. The number of rotatable bonds is 6. The van der Waals surface area contributed by atoms with Gasteiger partial charge in [-0.3, -0.25) is 9.59 Å². The molecule has 0 spiro atoms. The third kappa shape index (κ3) is 5.49. The Morgan fingerprint density at radius 1 is 1.07 bits per heavy atom. The van der Waals surface area contributed by atoms with E-state index in [-0.39, 0.29) is 18.4 Å². The molecule has 1 atom stereocenters. The summed E-state index contributed by atoms with van der Waals surface area (Å²) in [4.78, 5) is 26.4. The minimum Gasteiger partial charge on any atom is -0.481 e. The summed E-state index contributed by atoms with van der Waals surface area (Å²) < 4.78 is 5.75. The van der Waals surface area contributed by atoms with E-state index < -0.39 is 6.10 Å². The molecule has 0 aliphatic rings. The number of ether oxygens (including phenoxy) is 1. The number of carbonyl (C=O) groups excluding carboxylic acids is 2. The summed E-state index contributed by atoms with van der Waals surface area (Å²) in [6.07, 6.45) is -0.722. The van der Waals surface area contributed by atoms with Crippen LogP contribution in [0.3, 0.4) is 0 Å². The molecule has 150 valence electrons. The number of amides is 2. The third-order valence-corrected chi connectivity index (χ3v) is 4.72. The van der Waals surface area contributed by atoms with E-state index in [1.165, 1.54) is 4.90 Å². The summed E-state index contributed by atoms with van der Waals surface area (Å²) in [5.74, 6) is 0.0663. The molecule has 1 N–H and O–H groups in total. The van der Waals surface area contributed by atoms with Crippen LogP contribution in [0.1, 0.15) is 29.2 Å². The molecule has 1 unspecified atom stereocenters. The Kier molecular flexibility index (Phi) is 7.08. The van der Waals surface area contributed by atoms with Crippen LogP contribution >= 0.6 is 11.6 Å². The number of aryl methyl sites for hydroxylation is 4. The second-order valence-electron chi connectivity index (χ2n) is 7.19. The molecular formula is C22H27ClN2O3. The number of halogens is 1. The van der Waals surface area contributed by atoms with E-state index in [0.717, 1.165) is 27.9 Å². The Morgan fingerprint density at radius 3 is 2.25 bits per heavy atom. The van der Waals surface area contributed by atoms with E-state index >= 15 is 0 Å². The standard InChI is InChI=1S/C22H27ClN2O3/c1-13-9-15(3)21(16(4)10-13)24-20(26)12-25(6)22(27)17(5)28-19-8-7-18(23)11-14(19)2/h7-11,17H,12H2,1-6H3,(H,24,26). The van der Waals surface area contributed by atoms with Crippen molar-refractivity contribution in [2.45, 2.75) is 40.7 Å². The summed E-state index contributed by atoms with van der Waals surface area (Å²) in [7, 11) is 1.59. The van der Waals surface area contributed by atoms with E-state index in [0.29, 0.717) is 10.8 Å². The van der Waals surface area contributed by atoms with E-state index in [1.54, 1.807) is 32.2 Å². The molecule has 0 aromatic heterocycles. The van der Waals surface area contributed by atoms with Crippen LogP contribution in [0.2, 0.25) is 5.02 Å². The molecule has 2 aromatic carbocycles. The van der Waals surface area contributed by atoms with Crippen molar-refractivity contribution in [1.82, 2.24) is 4.90 Å². The number of hydrogen-bond acceptors (Lipinski definition) is 3. The lowest BCUT2D eigenvalue weighted by Gasteiger charge is -2.23. The van der Waals surface area contributed by atoms with Crippen molar-refractivity contribution >= 4 is 29.1 Å². The topological polar surface area (TPSA) is 58.6 Å². The Hall–Kier alpha value is -2.53. The highest BCUT2D eigenvalue weighted by atomic mass is 35.5. The summed E-state index contributed by atoms with van der Waals surface area (Å²) in [5, 5.41) is 3.52. The maximum Gasteiger partial charge on any atom is 0.263 e. The quantitative estimate of drug-likeness (QED) is 0.777. The highest BCUT2D eigenvalue weighted by molar-refractivity contribution is 6.30. The Balaban J connectivity index is 1.98. The van der Waals surface area contributed by atoms with E-state index in [2.05, 4.69) is 5.32 Å². The van der Waals surface area contributed by atoms with Crippen LogP contribution in [0.15, 0.2) is 30.3 Å². The van der Waals surface area contributed by atoms with Crippen molar-refractivity contribution in [2.75, 3.05) is 18.9 Å². The fourth-order valence-corrected chi connectivity index (χ4v) is 3.37. The van der Waals surface area contributed by atoms with Gasteiger partial charge >= 0.3 is 0 Å². The first-order chi connectivity index (χ1) is 13.1. The zero-order valence-electron chi connectivity index (χ0n) is 17.2. The van der Waals surface area contributed by atoms with Gasteiger partial charge in [0.25, 0.3) is 5.91 Å². The van der Waals surface area contributed by atoms with Gasteiger partial charge in [0.2, 0.25) is 5.91 Å². The molecule has 0 radical (unpaired) electrons. The molecule has 5 nitrogen and oxygen atoms in total. The molecule has 0 aliphatic carbocycles. The zero-order chi connectivity index (χ0) is 21.0. The lowest BCUT2D eigenvalue weighted by molar-refractivity contribution is -0.139. The molecule has 0 heterocycles. The molecule has 6 heteroatoms. The van der Waals surface area contributed by atoms with Crippen LogP contribution in [0, 0.1) is 27.7 Å². The first kappa shape index (κ1) is 21.8. The van der Waals surface area contributed by atoms with Crippen molar-refractivity contribution in [3.05, 3.63) is 57.6 Å². The second-order valence-corrected chi connectivity index (χ2v) is 7.62. The largest absolute Gasteiger partial charge is 0.481 e. The molecule has 2 aromatic rings. The van der Waals surface area contributed by atoms with Crippen LogP contribution in [-0.4, -0.2) is 36.4 Å². The van der Waals surface area contributed by atoms with E-state index in [9.17, 15) is 9.59 Å². The minimum atomic E-state index is -0.722. The first-order valence-electron chi connectivity index (χ1n) is 9.14. The lowest BCUT2D eigenvalue weighted by Crippen LogP contribution is -2.42. The highest BCUT2D eigenvalue weighted by Crippen LogP contribution is 2.24. The van der Waals surface area contributed by atoms with Crippen LogP contribution in [0.4, 0.5) is 5.69 Å². The monoisotopic (exact) mass is 402 g/mol. The van der Waals surface area contributed by atoms with Crippen molar-refractivity contribution in [3.63, 3.8) is 0 Å². The third-order valence-electron chi connectivity index (χ3n) is 4.49. The molecule has 0 fully saturated rings. The molecule has 2 rings (SSSR count). The van der Waals surface area contributed by atoms with Crippen LogP contribution in [0.5, 0.6) is 5.75 Å². The molecule has 2 amide bonds. The highest BCUT2D eigenvalue weighted by Gasteiger charge is 2.22.